The lowest BCUT2D eigenvalue weighted by Gasteiger charge is -2.35. The van der Waals surface area contributed by atoms with E-state index in [-0.39, 0.29) is 11.7 Å². The van der Waals surface area contributed by atoms with Crippen molar-refractivity contribution in [2.75, 3.05) is 6.61 Å². The number of ether oxygens (including phenoxy) is 1. The molecule has 3 rings (SSSR count). The number of rotatable bonds is 1. The van der Waals surface area contributed by atoms with Crippen LogP contribution in [0.1, 0.15) is 26.2 Å². The van der Waals surface area contributed by atoms with Gasteiger partial charge in [-0.25, -0.2) is 0 Å². The molecule has 3 aliphatic rings. The zero-order valence-corrected chi connectivity index (χ0v) is 7.49. The Labute approximate surface area is 72.9 Å². The standard InChI is InChI=1S/C10H16O2/c1-2-10-4-6(5-12-10)7-3-8(7)9(10)11/h6-9,11H,2-5H2,1H3/t6-,7+,8?,9+,10-/m0/s1. The SMILES string of the molecule is CC[C@@]12C[C@@H](CO1)[C@H]1CC1[C@H]2O. The van der Waals surface area contributed by atoms with Crippen LogP contribution in [-0.2, 0) is 4.74 Å². The van der Waals surface area contributed by atoms with Gasteiger partial charge in [-0.15, -0.1) is 0 Å². The molecule has 5 atom stereocenters. The van der Waals surface area contributed by atoms with E-state index in [0.29, 0.717) is 5.92 Å². The second-order valence-corrected chi connectivity index (χ2v) is 4.70. The Bertz CT molecular complexity index is 216. The zero-order valence-electron chi connectivity index (χ0n) is 7.49. The molecular weight excluding hydrogens is 152 g/mol. The molecule has 1 heterocycles. The zero-order chi connectivity index (χ0) is 8.34. The molecule has 0 aromatic heterocycles. The van der Waals surface area contributed by atoms with Crippen molar-refractivity contribution in [1.82, 2.24) is 0 Å². The van der Waals surface area contributed by atoms with Crippen LogP contribution < -0.4 is 0 Å². The van der Waals surface area contributed by atoms with E-state index >= 15 is 0 Å². The van der Waals surface area contributed by atoms with Crippen molar-refractivity contribution in [2.45, 2.75) is 37.9 Å². The second kappa shape index (κ2) is 2.05. The highest BCUT2D eigenvalue weighted by atomic mass is 16.5. The highest BCUT2D eigenvalue weighted by Gasteiger charge is 2.63. The lowest BCUT2D eigenvalue weighted by atomic mass is 9.77. The second-order valence-electron chi connectivity index (χ2n) is 4.70. The van der Waals surface area contributed by atoms with Crippen LogP contribution in [0.25, 0.3) is 0 Å². The molecular formula is C10H16O2. The van der Waals surface area contributed by atoms with Gasteiger partial charge in [-0.3, -0.25) is 0 Å². The Morgan fingerprint density at radius 2 is 2.33 bits per heavy atom. The predicted molar refractivity (Wildman–Crippen MR) is 44.7 cm³/mol. The summed E-state index contributed by atoms with van der Waals surface area (Å²) in [6.07, 6.45) is 3.20. The van der Waals surface area contributed by atoms with E-state index in [1.165, 1.54) is 6.42 Å². The summed E-state index contributed by atoms with van der Waals surface area (Å²) in [4.78, 5) is 0. The van der Waals surface area contributed by atoms with E-state index in [2.05, 4.69) is 6.92 Å². The monoisotopic (exact) mass is 168 g/mol. The molecule has 2 aliphatic carbocycles. The first kappa shape index (κ1) is 7.34. The van der Waals surface area contributed by atoms with E-state index in [0.717, 1.165) is 31.3 Å². The Kier molecular flexibility index (Phi) is 1.25. The van der Waals surface area contributed by atoms with E-state index in [9.17, 15) is 5.11 Å². The summed E-state index contributed by atoms with van der Waals surface area (Å²) >= 11 is 0. The van der Waals surface area contributed by atoms with Gasteiger partial charge >= 0.3 is 0 Å². The third kappa shape index (κ3) is 0.686. The van der Waals surface area contributed by atoms with Crippen LogP contribution in [0.2, 0.25) is 0 Å². The Balaban J connectivity index is 1.94. The summed E-state index contributed by atoms with van der Waals surface area (Å²) in [6.45, 7) is 3.04. The van der Waals surface area contributed by atoms with Gasteiger partial charge in [0.25, 0.3) is 0 Å². The van der Waals surface area contributed by atoms with Gasteiger partial charge in [0.2, 0.25) is 0 Å². The molecule has 2 heteroatoms. The summed E-state index contributed by atoms with van der Waals surface area (Å²) in [5.74, 6) is 2.17. The summed E-state index contributed by atoms with van der Waals surface area (Å²) in [5, 5.41) is 10.0. The van der Waals surface area contributed by atoms with Gasteiger partial charge in [-0.05, 0) is 37.0 Å². The van der Waals surface area contributed by atoms with Crippen LogP contribution >= 0.6 is 0 Å². The molecule has 0 radical (unpaired) electrons. The fraction of sp³-hybridized carbons (Fsp3) is 1.00. The van der Waals surface area contributed by atoms with Gasteiger partial charge in [-0.2, -0.15) is 0 Å². The molecule has 2 saturated carbocycles. The average Bonchev–Trinajstić information content (AvgIpc) is 2.79. The van der Waals surface area contributed by atoms with E-state index in [1.54, 1.807) is 0 Å². The molecule has 12 heavy (non-hydrogen) atoms. The summed E-state index contributed by atoms with van der Waals surface area (Å²) in [7, 11) is 0. The number of hydrogen-bond donors (Lipinski definition) is 1. The maximum absolute atomic E-state index is 10.0. The lowest BCUT2D eigenvalue weighted by molar-refractivity contribution is -0.102. The number of hydrogen-bond acceptors (Lipinski definition) is 2. The van der Waals surface area contributed by atoms with Crippen molar-refractivity contribution < 1.29 is 9.84 Å². The Morgan fingerprint density at radius 3 is 3.08 bits per heavy atom. The fourth-order valence-electron chi connectivity index (χ4n) is 3.30. The van der Waals surface area contributed by atoms with E-state index in [1.807, 2.05) is 0 Å². The molecule has 0 spiro atoms. The molecule has 2 bridgehead atoms. The molecule has 1 aliphatic heterocycles. The normalized spacial score (nSPS) is 61.5. The number of aliphatic hydroxyl groups excluding tert-OH is 1. The van der Waals surface area contributed by atoms with Crippen LogP contribution in [0, 0.1) is 17.8 Å². The number of aliphatic hydroxyl groups is 1. The highest BCUT2D eigenvalue weighted by molar-refractivity contribution is 5.12. The van der Waals surface area contributed by atoms with Gasteiger partial charge in [0.1, 0.15) is 0 Å². The molecule has 2 nitrogen and oxygen atoms in total. The van der Waals surface area contributed by atoms with Gasteiger partial charge in [0.15, 0.2) is 0 Å². The molecule has 0 amide bonds. The van der Waals surface area contributed by atoms with Crippen molar-refractivity contribution in [3.63, 3.8) is 0 Å². The topological polar surface area (TPSA) is 29.5 Å². The third-order valence-corrected chi connectivity index (χ3v) is 4.23. The average molecular weight is 168 g/mol. The highest BCUT2D eigenvalue weighted by Crippen LogP contribution is 2.60. The predicted octanol–water partition coefficient (Wildman–Crippen LogP) is 1.18. The van der Waals surface area contributed by atoms with Crippen LogP contribution in [-0.4, -0.2) is 23.4 Å². The van der Waals surface area contributed by atoms with Crippen LogP contribution in [0.3, 0.4) is 0 Å². The van der Waals surface area contributed by atoms with Crippen molar-refractivity contribution in [2.24, 2.45) is 17.8 Å². The van der Waals surface area contributed by atoms with Crippen LogP contribution in [0.15, 0.2) is 0 Å². The largest absolute Gasteiger partial charge is 0.390 e. The first-order chi connectivity index (χ1) is 5.77. The van der Waals surface area contributed by atoms with Crippen molar-refractivity contribution in [3.8, 4) is 0 Å². The van der Waals surface area contributed by atoms with Crippen LogP contribution in [0.4, 0.5) is 0 Å². The van der Waals surface area contributed by atoms with Crippen molar-refractivity contribution >= 4 is 0 Å². The van der Waals surface area contributed by atoms with Crippen LogP contribution in [0.5, 0.6) is 0 Å². The molecule has 0 aromatic rings. The van der Waals surface area contributed by atoms with Gasteiger partial charge in [-0.1, -0.05) is 6.92 Å². The fourth-order valence-corrected chi connectivity index (χ4v) is 3.30. The summed E-state index contributed by atoms with van der Waals surface area (Å²) in [6, 6.07) is 0. The summed E-state index contributed by atoms with van der Waals surface area (Å²) < 4.78 is 5.78. The molecule has 0 aromatic carbocycles. The van der Waals surface area contributed by atoms with Crippen molar-refractivity contribution in [1.29, 1.82) is 0 Å². The minimum atomic E-state index is -0.161. The van der Waals surface area contributed by atoms with Crippen molar-refractivity contribution in [3.05, 3.63) is 0 Å². The smallest absolute Gasteiger partial charge is 0.0944 e. The molecule has 68 valence electrons. The lowest BCUT2D eigenvalue weighted by Crippen LogP contribution is -2.45. The molecule has 1 unspecified atom stereocenters. The third-order valence-electron chi connectivity index (χ3n) is 4.23. The molecule has 1 N–H and O–H groups in total. The Hall–Kier alpha value is -0.0800. The van der Waals surface area contributed by atoms with Gasteiger partial charge in [0, 0.05) is 0 Å². The first-order valence-corrected chi connectivity index (χ1v) is 5.09. The van der Waals surface area contributed by atoms with Gasteiger partial charge < -0.3 is 9.84 Å². The minimum Gasteiger partial charge on any atom is -0.390 e. The van der Waals surface area contributed by atoms with E-state index < -0.39 is 0 Å². The quantitative estimate of drug-likeness (QED) is 0.637. The minimum absolute atomic E-state index is 0.137. The number of fused-ring (bicyclic) bond motifs is 4. The van der Waals surface area contributed by atoms with Gasteiger partial charge in [0.05, 0.1) is 18.3 Å². The maximum atomic E-state index is 10.0. The molecule has 1 saturated heterocycles. The molecule has 3 fully saturated rings. The van der Waals surface area contributed by atoms with E-state index in [4.69, 9.17) is 4.74 Å². The first-order valence-electron chi connectivity index (χ1n) is 5.09. The summed E-state index contributed by atoms with van der Waals surface area (Å²) in [5.41, 5.74) is -0.137. The Morgan fingerprint density at radius 1 is 1.50 bits per heavy atom. The maximum Gasteiger partial charge on any atom is 0.0944 e.